The number of aliphatic hydroxyl groups is 1. The molecule has 1 unspecified atom stereocenters. The molecule has 0 bridgehead atoms. The number of hydrogen-bond acceptors (Lipinski definition) is 3. The summed E-state index contributed by atoms with van der Waals surface area (Å²) in [6.45, 7) is 2.58. The van der Waals surface area contributed by atoms with E-state index in [1.54, 1.807) is 0 Å². The Balaban J connectivity index is 1.93. The van der Waals surface area contributed by atoms with Gasteiger partial charge in [-0.05, 0) is 32.6 Å². The average molecular weight is 198 g/mol. The van der Waals surface area contributed by atoms with E-state index in [4.69, 9.17) is 0 Å². The zero-order chi connectivity index (χ0) is 10.1. The number of hydrogen-bond donors (Lipinski definition) is 2. The molecular weight excluding hydrogens is 180 g/mol. The lowest BCUT2D eigenvalue weighted by Gasteiger charge is -2.32. The van der Waals surface area contributed by atoms with Crippen LogP contribution in [0.1, 0.15) is 32.6 Å². The quantitative estimate of drug-likeness (QED) is 0.627. The average Bonchev–Trinajstić information content (AvgIpc) is 2.50. The molecule has 0 radical (unpaired) electrons. The molecule has 1 aliphatic carbocycles. The van der Waals surface area contributed by atoms with Gasteiger partial charge in [-0.2, -0.15) is 0 Å². The zero-order valence-electron chi connectivity index (χ0n) is 8.57. The van der Waals surface area contributed by atoms with Crippen LogP contribution in [0.4, 0.5) is 0 Å². The molecule has 2 N–H and O–H groups in total. The predicted molar refractivity (Wildman–Crippen MR) is 52.6 cm³/mol. The molecule has 0 spiro atoms. The molecule has 14 heavy (non-hydrogen) atoms. The molecule has 4 nitrogen and oxygen atoms in total. The van der Waals surface area contributed by atoms with Crippen molar-refractivity contribution in [3.8, 4) is 0 Å². The van der Waals surface area contributed by atoms with Gasteiger partial charge in [-0.25, -0.2) is 0 Å². The fourth-order valence-electron chi connectivity index (χ4n) is 2.33. The van der Waals surface area contributed by atoms with Crippen molar-refractivity contribution in [3.63, 3.8) is 0 Å². The fraction of sp³-hybridized carbons (Fsp3) is 0.900. The minimum absolute atomic E-state index is 0.0261. The van der Waals surface area contributed by atoms with Crippen molar-refractivity contribution in [1.29, 1.82) is 0 Å². The highest BCUT2D eigenvalue weighted by Crippen LogP contribution is 2.24. The first-order valence-electron chi connectivity index (χ1n) is 5.40. The maximum atomic E-state index is 11.7. The molecule has 4 heteroatoms. The third-order valence-electron chi connectivity index (χ3n) is 3.33. The monoisotopic (exact) mass is 198 g/mol. The molecule has 0 aromatic carbocycles. The zero-order valence-corrected chi connectivity index (χ0v) is 8.57. The molecular formula is C10H18N2O2. The number of nitrogens with one attached hydrogen (secondary N) is 1. The highest BCUT2D eigenvalue weighted by molar-refractivity contribution is 5.83. The van der Waals surface area contributed by atoms with Crippen molar-refractivity contribution in [2.24, 2.45) is 0 Å². The van der Waals surface area contributed by atoms with E-state index in [0.29, 0.717) is 12.7 Å². The number of rotatable bonds is 1. The Morgan fingerprint density at radius 1 is 1.36 bits per heavy atom. The van der Waals surface area contributed by atoms with Gasteiger partial charge in [0.1, 0.15) is 0 Å². The Labute approximate surface area is 84.3 Å². The SMILES string of the molecule is CC1NCN(C2CCC(O)CC2)C1=O. The van der Waals surface area contributed by atoms with Gasteiger partial charge in [-0.15, -0.1) is 0 Å². The van der Waals surface area contributed by atoms with E-state index < -0.39 is 0 Å². The van der Waals surface area contributed by atoms with Gasteiger partial charge < -0.3 is 10.0 Å². The molecule has 1 saturated heterocycles. The summed E-state index contributed by atoms with van der Waals surface area (Å²) >= 11 is 0. The smallest absolute Gasteiger partial charge is 0.240 e. The number of amides is 1. The highest BCUT2D eigenvalue weighted by Gasteiger charge is 2.34. The molecule has 2 rings (SSSR count). The van der Waals surface area contributed by atoms with Crippen LogP contribution in [0.2, 0.25) is 0 Å². The molecule has 2 fully saturated rings. The lowest BCUT2D eigenvalue weighted by molar-refractivity contribution is -0.131. The van der Waals surface area contributed by atoms with Crippen molar-refractivity contribution in [2.45, 2.75) is 50.8 Å². The topological polar surface area (TPSA) is 52.6 Å². The van der Waals surface area contributed by atoms with E-state index in [2.05, 4.69) is 5.32 Å². The number of carbonyl (C=O) groups excluding carboxylic acids is 1. The van der Waals surface area contributed by atoms with Crippen LogP contribution in [-0.2, 0) is 4.79 Å². The van der Waals surface area contributed by atoms with Gasteiger partial charge in [-0.3, -0.25) is 10.1 Å². The molecule has 1 atom stereocenters. The molecule has 1 saturated carbocycles. The Morgan fingerprint density at radius 2 is 2.00 bits per heavy atom. The van der Waals surface area contributed by atoms with E-state index in [0.717, 1.165) is 25.7 Å². The van der Waals surface area contributed by atoms with E-state index >= 15 is 0 Å². The van der Waals surface area contributed by atoms with Gasteiger partial charge in [-0.1, -0.05) is 0 Å². The van der Waals surface area contributed by atoms with Crippen LogP contribution in [0.25, 0.3) is 0 Å². The highest BCUT2D eigenvalue weighted by atomic mass is 16.3. The fourth-order valence-corrected chi connectivity index (χ4v) is 2.33. The number of nitrogens with zero attached hydrogens (tertiary/aromatic N) is 1. The largest absolute Gasteiger partial charge is 0.393 e. The number of carbonyl (C=O) groups is 1. The minimum Gasteiger partial charge on any atom is -0.393 e. The Kier molecular flexibility index (Phi) is 2.74. The summed E-state index contributed by atoms with van der Waals surface area (Å²) in [5, 5.41) is 12.5. The van der Waals surface area contributed by atoms with Gasteiger partial charge in [0.15, 0.2) is 0 Å². The number of aliphatic hydroxyl groups excluding tert-OH is 1. The van der Waals surface area contributed by atoms with Gasteiger partial charge in [0.05, 0.1) is 18.8 Å². The Hall–Kier alpha value is -0.610. The van der Waals surface area contributed by atoms with Crippen molar-refractivity contribution in [1.82, 2.24) is 10.2 Å². The van der Waals surface area contributed by atoms with Gasteiger partial charge in [0.25, 0.3) is 0 Å². The first-order chi connectivity index (χ1) is 6.68. The van der Waals surface area contributed by atoms with Crippen LogP contribution in [-0.4, -0.2) is 40.8 Å². The second-order valence-electron chi connectivity index (χ2n) is 4.35. The molecule has 0 aromatic rings. The summed E-state index contributed by atoms with van der Waals surface area (Å²) < 4.78 is 0. The van der Waals surface area contributed by atoms with Crippen LogP contribution in [0.3, 0.4) is 0 Å². The maximum Gasteiger partial charge on any atom is 0.240 e. The summed E-state index contributed by atoms with van der Waals surface area (Å²) in [6, 6.07) is 0.324. The van der Waals surface area contributed by atoms with Crippen LogP contribution >= 0.6 is 0 Å². The molecule has 1 amide bonds. The van der Waals surface area contributed by atoms with Crippen molar-refractivity contribution >= 4 is 5.91 Å². The summed E-state index contributed by atoms with van der Waals surface area (Å²) in [6.07, 6.45) is 3.42. The lowest BCUT2D eigenvalue weighted by Crippen LogP contribution is -2.41. The van der Waals surface area contributed by atoms with Crippen molar-refractivity contribution < 1.29 is 9.90 Å². The molecule has 80 valence electrons. The van der Waals surface area contributed by atoms with Crippen LogP contribution in [0.5, 0.6) is 0 Å². The van der Waals surface area contributed by atoms with E-state index in [1.165, 1.54) is 0 Å². The third-order valence-corrected chi connectivity index (χ3v) is 3.33. The third kappa shape index (κ3) is 1.77. The summed E-state index contributed by atoms with van der Waals surface area (Å²) in [5.41, 5.74) is 0. The van der Waals surface area contributed by atoms with Gasteiger partial charge in [0, 0.05) is 6.04 Å². The lowest BCUT2D eigenvalue weighted by atomic mass is 9.92. The summed E-state index contributed by atoms with van der Waals surface area (Å²) in [4.78, 5) is 13.6. The Bertz CT molecular complexity index is 224. The Morgan fingerprint density at radius 3 is 2.50 bits per heavy atom. The molecule has 1 aliphatic heterocycles. The van der Waals surface area contributed by atoms with Gasteiger partial charge >= 0.3 is 0 Å². The van der Waals surface area contributed by atoms with Gasteiger partial charge in [0.2, 0.25) is 5.91 Å². The summed E-state index contributed by atoms with van der Waals surface area (Å²) in [5.74, 6) is 0.214. The normalized spacial score (nSPS) is 39.1. The molecule has 2 aliphatic rings. The minimum atomic E-state index is -0.144. The standard InChI is InChI=1S/C10H18N2O2/c1-7-10(14)12(6-11-7)8-2-4-9(13)5-3-8/h7-9,11,13H,2-6H2,1H3. The first kappa shape index (κ1) is 9.93. The van der Waals surface area contributed by atoms with Crippen molar-refractivity contribution in [2.75, 3.05) is 6.67 Å². The predicted octanol–water partition coefficient (Wildman–Crippen LogP) is 0.0677. The second-order valence-corrected chi connectivity index (χ2v) is 4.35. The van der Waals surface area contributed by atoms with E-state index in [9.17, 15) is 9.90 Å². The van der Waals surface area contributed by atoms with E-state index in [1.807, 2.05) is 11.8 Å². The van der Waals surface area contributed by atoms with Crippen LogP contribution in [0.15, 0.2) is 0 Å². The first-order valence-corrected chi connectivity index (χ1v) is 5.40. The maximum absolute atomic E-state index is 11.7. The van der Waals surface area contributed by atoms with Crippen molar-refractivity contribution in [3.05, 3.63) is 0 Å². The van der Waals surface area contributed by atoms with Crippen LogP contribution < -0.4 is 5.32 Å². The second kappa shape index (κ2) is 3.87. The van der Waals surface area contributed by atoms with E-state index in [-0.39, 0.29) is 18.1 Å². The van der Waals surface area contributed by atoms with Crippen LogP contribution in [0, 0.1) is 0 Å². The summed E-state index contributed by atoms with van der Waals surface area (Å²) in [7, 11) is 0. The molecule has 1 heterocycles. The molecule has 0 aromatic heterocycles.